The van der Waals surface area contributed by atoms with Gasteiger partial charge in [-0.3, -0.25) is 4.79 Å². The molecule has 0 unspecified atom stereocenters. The van der Waals surface area contributed by atoms with Gasteiger partial charge in [-0.15, -0.1) is 0 Å². The lowest BCUT2D eigenvalue weighted by Gasteiger charge is -2.18. The highest BCUT2D eigenvalue weighted by Crippen LogP contribution is 2.22. The van der Waals surface area contributed by atoms with E-state index in [4.69, 9.17) is 0 Å². The molecule has 2 heteroatoms. The number of aryl methyl sites for hydroxylation is 3. The van der Waals surface area contributed by atoms with Gasteiger partial charge in [0.1, 0.15) is 0 Å². The van der Waals surface area contributed by atoms with Crippen LogP contribution in [0.5, 0.6) is 0 Å². The van der Waals surface area contributed by atoms with Crippen molar-refractivity contribution in [3.63, 3.8) is 0 Å². The van der Waals surface area contributed by atoms with Crippen molar-refractivity contribution in [2.75, 3.05) is 0 Å². The fraction of sp³-hybridized carbons (Fsp3) is 0.381. The maximum atomic E-state index is 12.4. The number of carbonyl (C=O) groups is 1. The third-order valence-electron chi connectivity index (χ3n) is 4.70. The largest absolute Gasteiger partial charge is 0.350 e. The van der Waals surface area contributed by atoms with Gasteiger partial charge >= 0.3 is 0 Å². The van der Waals surface area contributed by atoms with E-state index in [1.165, 1.54) is 29.5 Å². The Balaban J connectivity index is 1.56. The van der Waals surface area contributed by atoms with Gasteiger partial charge in [0, 0.05) is 11.6 Å². The van der Waals surface area contributed by atoms with Crippen molar-refractivity contribution in [3.8, 4) is 0 Å². The molecule has 2 aromatic carbocycles. The first-order valence-corrected chi connectivity index (χ1v) is 8.69. The maximum Gasteiger partial charge on any atom is 0.251 e. The minimum Gasteiger partial charge on any atom is -0.350 e. The molecular formula is C21H25NO. The summed E-state index contributed by atoms with van der Waals surface area (Å²) in [5.41, 5.74) is 4.91. The monoisotopic (exact) mass is 307 g/mol. The molecule has 0 radical (unpaired) electrons. The van der Waals surface area contributed by atoms with Crippen LogP contribution in [0.1, 0.15) is 53.2 Å². The highest BCUT2D eigenvalue weighted by Gasteiger charge is 2.14. The van der Waals surface area contributed by atoms with E-state index in [1.807, 2.05) is 12.1 Å². The average molecular weight is 307 g/mol. The van der Waals surface area contributed by atoms with Crippen molar-refractivity contribution < 1.29 is 4.79 Å². The lowest BCUT2D eigenvalue weighted by Crippen LogP contribution is -2.33. The van der Waals surface area contributed by atoms with Crippen LogP contribution in [0.3, 0.4) is 0 Å². The molecule has 0 saturated carbocycles. The Kier molecular flexibility index (Phi) is 5.12. The zero-order chi connectivity index (χ0) is 16.1. The van der Waals surface area contributed by atoms with Crippen LogP contribution < -0.4 is 5.32 Å². The number of rotatable bonds is 5. The Hall–Kier alpha value is -2.09. The van der Waals surface area contributed by atoms with E-state index >= 15 is 0 Å². The molecule has 0 bridgehead atoms. The van der Waals surface area contributed by atoms with E-state index in [9.17, 15) is 4.79 Å². The molecule has 2 aromatic rings. The summed E-state index contributed by atoms with van der Waals surface area (Å²) in [5, 5.41) is 3.13. The highest BCUT2D eigenvalue weighted by atomic mass is 16.1. The van der Waals surface area contributed by atoms with Gasteiger partial charge in [-0.2, -0.15) is 0 Å². The fourth-order valence-corrected chi connectivity index (χ4v) is 3.28. The van der Waals surface area contributed by atoms with Gasteiger partial charge in [-0.1, -0.05) is 36.4 Å². The van der Waals surface area contributed by atoms with E-state index in [1.54, 1.807) is 0 Å². The van der Waals surface area contributed by atoms with Gasteiger partial charge in [-0.25, -0.2) is 0 Å². The molecule has 3 rings (SSSR count). The van der Waals surface area contributed by atoms with Gasteiger partial charge < -0.3 is 5.32 Å². The number of hydrogen-bond donors (Lipinski definition) is 1. The summed E-state index contributed by atoms with van der Waals surface area (Å²) in [4.78, 5) is 12.4. The molecule has 0 fully saturated rings. The number of carbonyl (C=O) groups excluding carboxylic acids is 1. The summed E-state index contributed by atoms with van der Waals surface area (Å²) in [6.07, 6.45) is 6.73. The first-order valence-electron chi connectivity index (χ1n) is 8.69. The molecule has 1 atom stereocenters. The first-order chi connectivity index (χ1) is 11.2. The Labute approximate surface area is 138 Å². The number of amides is 1. The van der Waals surface area contributed by atoms with Crippen LogP contribution in [0.4, 0.5) is 0 Å². The highest BCUT2D eigenvalue weighted by molar-refractivity contribution is 5.94. The van der Waals surface area contributed by atoms with Crippen LogP contribution >= 0.6 is 0 Å². The predicted molar refractivity (Wildman–Crippen MR) is 94.8 cm³/mol. The molecule has 1 N–H and O–H groups in total. The van der Waals surface area contributed by atoms with E-state index in [0.717, 1.165) is 31.2 Å². The number of hydrogen-bond acceptors (Lipinski definition) is 1. The summed E-state index contributed by atoms with van der Waals surface area (Å²) in [5.74, 6) is 0.0546. The smallest absolute Gasteiger partial charge is 0.251 e. The summed E-state index contributed by atoms with van der Waals surface area (Å²) >= 11 is 0. The Morgan fingerprint density at radius 2 is 1.78 bits per heavy atom. The van der Waals surface area contributed by atoms with E-state index < -0.39 is 0 Å². The zero-order valence-electron chi connectivity index (χ0n) is 13.8. The second-order valence-electron chi connectivity index (χ2n) is 6.59. The summed E-state index contributed by atoms with van der Waals surface area (Å²) in [7, 11) is 0. The SMILES string of the molecule is C[C@@H](CCc1ccccc1)NC(=O)c1ccc2c(c1)CCCC2. The van der Waals surface area contributed by atoms with Gasteiger partial charge in [0.25, 0.3) is 5.91 Å². The Bertz CT molecular complexity index is 663. The number of nitrogens with one attached hydrogen (secondary N) is 1. The van der Waals surface area contributed by atoms with Gasteiger partial charge in [-0.05, 0) is 74.3 Å². The Morgan fingerprint density at radius 3 is 2.57 bits per heavy atom. The molecule has 0 saturated heterocycles. The second-order valence-corrected chi connectivity index (χ2v) is 6.59. The minimum atomic E-state index is 0.0546. The topological polar surface area (TPSA) is 29.1 Å². The average Bonchev–Trinajstić information content (AvgIpc) is 2.60. The zero-order valence-corrected chi connectivity index (χ0v) is 13.8. The molecule has 2 nitrogen and oxygen atoms in total. The normalized spacial score (nSPS) is 14.8. The minimum absolute atomic E-state index is 0.0546. The lowest BCUT2D eigenvalue weighted by atomic mass is 9.90. The second kappa shape index (κ2) is 7.45. The van der Waals surface area contributed by atoms with Crippen molar-refractivity contribution >= 4 is 5.91 Å². The van der Waals surface area contributed by atoms with Crippen molar-refractivity contribution in [3.05, 3.63) is 70.8 Å². The molecule has 120 valence electrons. The van der Waals surface area contributed by atoms with Crippen LogP contribution in [0.2, 0.25) is 0 Å². The van der Waals surface area contributed by atoms with Gasteiger partial charge in [0.2, 0.25) is 0 Å². The van der Waals surface area contributed by atoms with Crippen molar-refractivity contribution in [2.45, 2.75) is 51.5 Å². The van der Waals surface area contributed by atoms with Crippen molar-refractivity contribution in [1.82, 2.24) is 5.32 Å². The lowest BCUT2D eigenvalue weighted by molar-refractivity contribution is 0.0938. The summed E-state index contributed by atoms with van der Waals surface area (Å²) in [6, 6.07) is 16.8. The van der Waals surface area contributed by atoms with E-state index in [2.05, 4.69) is 48.6 Å². The van der Waals surface area contributed by atoms with E-state index in [0.29, 0.717) is 0 Å². The van der Waals surface area contributed by atoms with Crippen LogP contribution in [-0.2, 0) is 19.3 Å². The predicted octanol–water partition coefficient (Wildman–Crippen LogP) is 4.32. The molecule has 1 amide bonds. The van der Waals surface area contributed by atoms with Gasteiger partial charge in [0.05, 0.1) is 0 Å². The Morgan fingerprint density at radius 1 is 1.04 bits per heavy atom. The summed E-state index contributed by atoms with van der Waals surface area (Å²) < 4.78 is 0. The quantitative estimate of drug-likeness (QED) is 0.876. The standard InChI is InChI=1S/C21H25NO/c1-16(11-12-17-7-3-2-4-8-17)22-21(23)20-14-13-18-9-5-6-10-19(18)15-20/h2-4,7-8,13-16H,5-6,9-12H2,1H3,(H,22,23)/t16-/m0/s1. The maximum absolute atomic E-state index is 12.4. The molecule has 23 heavy (non-hydrogen) atoms. The van der Waals surface area contributed by atoms with Crippen LogP contribution in [-0.4, -0.2) is 11.9 Å². The number of benzene rings is 2. The molecule has 0 spiro atoms. The first kappa shape index (κ1) is 15.8. The summed E-state index contributed by atoms with van der Waals surface area (Å²) in [6.45, 7) is 2.08. The van der Waals surface area contributed by atoms with Crippen molar-refractivity contribution in [1.29, 1.82) is 0 Å². The molecular weight excluding hydrogens is 282 g/mol. The van der Waals surface area contributed by atoms with Gasteiger partial charge in [0.15, 0.2) is 0 Å². The molecule has 1 aliphatic carbocycles. The van der Waals surface area contributed by atoms with Crippen LogP contribution in [0.25, 0.3) is 0 Å². The fourth-order valence-electron chi connectivity index (χ4n) is 3.28. The number of fused-ring (bicyclic) bond motifs is 1. The molecule has 0 heterocycles. The third kappa shape index (κ3) is 4.22. The third-order valence-corrected chi connectivity index (χ3v) is 4.70. The van der Waals surface area contributed by atoms with Crippen molar-refractivity contribution in [2.24, 2.45) is 0 Å². The molecule has 0 aromatic heterocycles. The van der Waals surface area contributed by atoms with E-state index in [-0.39, 0.29) is 11.9 Å². The van der Waals surface area contributed by atoms with Crippen LogP contribution in [0, 0.1) is 0 Å². The van der Waals surface area contributed by atoms with Crippen LogP contribution in [0.15, 0.2) is 48.5 Å². The molecule has 0 aliphatic heterocycles. The molecule has 1 aliphatic rings.